The minimum Gasteiger partial charge on any atom is -0.508 e. The van der Waals surface area contributed by atoms with Crippen LogP contribution < -0.4 is 0 Å². The van der Waals surface area contributed by atoms with Crippen LogP contribution in [0.3, 0.4) is 0 Å². The first kappa shape index (κ1) is 12.8. The van der Waals surface area contributed by atoms with Crippen LogP contribution in [0.15, 0.2) is 52.5 Å². The minimum absolute atomic E-state index is 0.108. The van der Waals surface area contributed by atoms with Gasteiger partial charge in [0.2, 0.25) is 0 Å². The Labute approximate surface area is 105 Å². The minimum atomic E-state index is -4.37. The lowest BCUT2D eigenvalue weighted by Crippen LogP contribution is -2.04. The van der Waals surface area contributed by atoms with Crippen LogP contribution >= 0.6 is 11.8 Å². The molecule has 2 rings (SSSR count). The van der Waals surface area contributed by atoms with E-state index in [-0.39, 0.29) is 10.8 Å². The molecule has 0 saturated carbocycles. The van der Waals surface area contributed by atoms with Crippen molar-refractivity contribution < 1.29 is 18.3 Å². The molecule has 1 N–H and O–H groups in total. The van der Waals surface area contributed by atoms with Gasteiger partial charge in [-0.1, -0.05) is 11.8 Å². The van der Waals surface area contributed by atoms with E-state index in [4.69, 9.17) is 5.11 Å². The van der Waals surface area contributed by atoms with Gasteiger partial charge in [0.1, 0.15) is 10.8 Å². The van der Waals surface area contributed by atoms with Crippen molar-refractivity contribution in [3.63, 3.8) is 0 Å². The van der Waals surface area contributed by atoms with Gasteiger partial charge in [-0.2, -0.15) is 13.2 Å². The van der Waals surface area contributed by atoms with Crippen molar-refractivity contribution in [2.45, 2.75) is 16.1 Å². The van der Waals surface area contributed by atoms with Crippen LogP contribution in [0.2, 0.25) is 0 Å². The van der Waals surface area contributed by atoms with E-state index in [9.17, 15) is 13.2 Å². The molecule has 0 atom stereocenters. The fourth-order valence-electron chi connectivity index (χ4n) is 1.28. The van der Waals surface area contributed by atoms with E-state index in [1.165, 1.54) is 12.1 Å². The summed E-state index contributed by atoms with van der Waals surface area (Å²) in [4.78, 5) is 4.58. The fraction of sp³-hybridized carbons (Fsp3) is 0.0833. The third-order valence-electron chi connectivity index (χ3n) is 2.12. The van der Waals surface area contributed by atoms with Crippen LogP contribution in [0.25, 0.3) is 0 Å². The summed E-state index contributed by atoms with van der Waals surface area (Å²) in [6.07, 6.45) is -3.24. The van der Waals surface area contributed by atoms with E-state index in [0.717, 1.165) is 30.1 Å². The number of rotatable bonds is 2. The zero-order valence-electron chi connectivity index (χ0n) is 8.98. The van der Waals surface area contributed by atoms with E-state index in [2.05, 4.69) is 4.98 Å². The quantitative estimate of drug-likeness (QED) is 0.897. The normalized spacial score (nSPS) is 11.5. The summed E-state index contributed by atoms with van der Waals surface area (Å²) >= 11 is 1.10. The standard InChI is InChI=1S/C12H8F3NOS/c13-12(14,15)8-5-6-16-11(7-8)18-10-3-1-9(17)2-4-10/h1-7,17H. The molecule has 0 bridgehead atoms. The van der Waals surface area contributed by atoms with Gasteiger partial charge in [0, 0.05) is 11.1 Å². The van der Waals surface area contributed by atoms with Crippen molar-refractivity contribution in [1.82, 2.24) is 4.98 Å². The van der Waals surface area contributed by atoms with Crippen molar-refractivity contribution in [1.29, 1.82) is 0 Å². The van der Waals surface area contributed by atoms with Crippen molar-refractivity contribution in [3.05, 3.63) is 48.2 Å². The molecule has 0 fully saturated rings. The third kappa shape index (κ3) is 3.16. The van der Waals surface area contributed by atoms with E-state index < -0.39 is 11.7 Å². The maximum absolute atomic E-state index is 12.5. The molecule has 18 heavy (non-hydrogen) atoms. The van der Waals surface area contributed by atoms with E-state index in [0.29, 0.717) is 4.90 Å². The summed E-state index contributed by atoms with van der Waals surface area (Å²) < 4.78 is 37.5. The molecule has 0 radical (unpaired) electrons. The van der Waals surface area contributed by atoms with E-state index in [1.54, 1.807) is 12.1 Å². The van der Waals surface area contributed by atoms with Crippen molar-refractivity contribution in [2.75, 3.05) is 0 Å². The maximum atomic E-state index is 12.5. The largest absolute Gasteiger partial charge is 0.508 e. The van der Waals surface area contributed by atoms with Gasteiger partial charge in [-0.25, -0.2) is 4.98 Å². The average molecular weight is 271 g/mol. The number of hydrogen-bond donors (Lipinski definition) is 1. The second kappa shape index (κ2) is 4.89. The molecule has 6 heteroatoms. The monoisotopic (exact) mass is 271 g/mol. The molecule has 0 aliphatic carbocycles. The molecule has 2 aromatic rings. The number of phenols is 1. The lowest BCUT2D eigenvalue weighted by molar-refractivity contribution is -0.137. The molecule has 0 spiro atoms. The molecule has 1 aromatic heterocycles. The zero-order valence-corrected chi connectivity index (χ0v) is 9.79. The fourth-order valence-corrected chi connectivity index (χ4v) is 2.09. The number of hydrogen-bond acceptors (Lipinski definition) is 3. The van der Waals surface area contributed by atoms with Crippen LogP contribution in [0.1, 0.15) is 5.56 Å². The van der Waals surface area contributed by atoms with Crippen LogP contribution in [-0.4, -0.2) is 10.1 Å². The number of aromatic hydroxyl groups is 1. The Balaban J connectivity index is 2.22. The Bertz CT molecular complexity index is 540. The highest BCUT2D eigenvalue weighted by molar-refractivity contribution is 7.99. The first-order chi connectivity index (χ1) is 8.45. The molecule has 94 valence electrons. The first-order valence-corrected chi connectivity index (χ1v) is 5.77. The number of halogens is 3. The number of nitrogens with zero attached hydrogens (tertiary/aromatic N) is 1. The van der Waals surface area contributed by atoms with Gasteiger partial charge < -0.3 is 5.11 Å². The van der Waals surface area contributed by atoms with Crippen LogP contribution in [0.5, 0.6) is 5.75 Å². The second-order valence-corrected chi connectivity index (χ2v) is 4.57. The topological polar surface area (TPSA) is 33.1 Å². The molecular formula is C12H8F3NOS. The van der Waals surface area contributed by atoms with Gasteiger partial charge >= 0.3 is 6.18 Å². The van der Waals surface area contributed by atoms with Crippen LogP contribution in [0, 0.1) is 0 Å². The number of alkyl halides is 3. The summed E-state index contributed by atoms with van der Waals surface area (Å²) in [5.41, 5.74) is -0.723. The van der Waals surface area contributed by atoms with Gasteiger partial charge in [0.25, 0.3) is 0 Å². The first-order valence-electron chi connectivity index (χ1n) is 4.95. The predicted molar refractivity (Wildman–Crippen MR) is 61.5 cm³/mol. The second-order valence-electron chi connectivity index (χ2n) is 3.48. The molecule has 2 nitrogen and oxygen atoms in total. The van der Waals surface area contributed by atoms with Gasteiger partial charge in [-0.05, 0) is 36.4 Å². The maximum Gasteiger partial charge on any atom is 0.416 e. The Kier molecular flexibility index (Phi) is 3.47. The molecule has 0 amide bonds. The average Bonchev–Trinajstić information content (AvgIpc) is 2.31. The third-order valence-corrected chi connectivity index (χ3v) is 3.06. The zero-order chi connectivity index (χ0) is 13.2. The van der Waals surface area contributed by atoms with Crippen molar-refractivity contribution >= 4 is 11.8 Å². The summed E-state index contributed by atoms with van der Waals surface area (Å²) in [5.74, 6) is 0.108. The summed E-state index contributed by atoms with van der Waals surface area (Å²) in [6.45, 7) is 0. The number of pyridine rings is 1. The van der Waals surface area contributed by atoms with Gasteiger partial charge in [0.05, 0.1) is 5.56 Å². The number of aromatic nitrogens is 1. The summed E-state index contributed by atoms with van der Waals surface area (Å²) in [6, 6.07) is 8.09. The number of benzene rings is 1. The highest BCUT2D eigenvalue weighted by Crippen LogP contribution is 2.33. The van der Waals surface area contributed by atoms with Crippen molar-refractivity contribution in [2.24, 2.45) is 0 Å². The highest BCUT2D eigenvalue weighted by atomic mass is 32.2. The SMILES string of the molecule is Oc1ccc(Sc2cc(C(F)(F)F)ccn2)cc1. The lowest BCUT2D eigenvalue weighted by atomic mass is 10.3. The van der Waals surface area contributed by atoms with Gasteiger partial charge in [-0.3, -0.25) is 0 Å². The Morgan fingerprint density at radius 1 is 1.06 bits per heavy atom. The molecule has 0 aliphatic rings. The Morgan fingerprint density at radius 3 is 2.33 bits per heavy atom. The Morgan fingerprint density at radius 2 is 1.72 bits per heavy atom. The Hall–Kier alpha value is -1.69. The van der Waals surface area contributed by atoms with Gasteiger partial charge in [0.15, 0.2) is 0 Å². The molecule has 1 aromatic carbocycles. The highest BCUT2D eigenvalue weighted by Gasteiger charge is 2.30. The molecule has 0 saturated heterocycles. The molecular weight excluding hydrogens is 263 g/mol. The molecule has 0 aliphatic heterocycles. The summed E-state index contributed by atoms with van der Waals surface area (Å²) in [5, 5.41) is 9.36. The van der Waals surface area contributed by atoms with Gasteiger partial charge in [-0.15, -0.1) is 0 Å². The predicted octanol–water partition coefficient (Wildman–Crippen LogP) is 3.96. The van der Waals surface area contributed by atoms with E-state index >= 15 is 0 Å². The van der Waals surface area contributed by atoms with Crippen LogP contribution in [0.4, 0.5) is 13.2 Å². The number of phenolic OH excluding ortho intramolecular Hbond substituents is 1. The van der Waals surface area contributed by atoms with Crippen molar-refractivity contribution in [3.8, 4) is 5.75 Å². The smallest absolute Gasteiger partial charge is 0.416 e. The lowest BCUT2D eigenvalue weighted by Gasteiger charge is -2.07. The summed E-state index contributed by atoms with van der Waals surface area (Å²) in [7, 11) is 0. The molecule has 0 unspecified atom stereocenters. The molecule has 1 heterocycles. The van der Waals surface area contributed by atoms with E-state index in [1.807, 2.05) is 0 Å². The van der Waals surface area contributed by atoms with Crippen LogP contribution in [-0.2, 0) is 6.18 Å².